The second-order valence-electron chi connectivity index (χ2n) is 4.92. The highest BCUT2D eigenvalue weighted by atomic mass is 32.1. The number of carbonyl (C=O) groups is 1. The minimum absolute atomic E-state index is 0.225. The maximum atomic E-state index is 12.0. The van der Waals surface area contributed by atoms with Crippen LogP contribution in [0.15, 0.2) is 41.1 Å². The van der Waals surface area contributed by atoms with E-state index in [1.807, 2.05) is 24.4 Å². The van der Waals surface area contributed by atoms with Gasteiger partial charge < -0.3 is 4.74 Å². The van der Waals surface area contributed by atoms with E-state index in [-0.39, 0.29) is 12.6 Å². The Morgan fingerprint density at radius 2 is 2.18 bits per heavy atom. The fourth-order valence-corrected chi connectivity index (χ4v) is 4.16. The van der Waals surface area contributed by atoms with Gasteiger partial charge in [-0.2, -0.15) is 11.3 Å². The molecule has 0 aliphatic heterocycles. The highest BCUT2D eigenvalue weighted by Crippen LogP contribution is 2.29. The number of aromatic nitrogens is 2. The summed E-state index contributed by atoms with van der Waals surface area (Å²) in [5.41, 5.74) is 3.52. The number of rotatable bonds is 3. The fourth-order valence-electron chi connectivity index (χ4n) is 2.45. The van der Waals surface area contributed by atoms with Gasteiger partial charge in [0.15, 0.2) is 4.96 Å². The molecular weight excluding hydrogens is 316 g/mol. The van der Waals surface area contributed by atoms with Gasteiger partial charge in [-0.1, -0.05) is 23.5 Å². The van der Waals surface area contributed by atoms with Gasteiger partial charge in [0, 0.05) is 5.38 Å². The summed E-state index contributed by atoms with van der Waals surface area (Å²) in [5, 5.41) is 3.66. The number of nitrogens with zero attached hydrogens (tertiary/aromatic N) is 2. The molecule has 0 atom stereocenters. The van der Waals surface area contributed by atoms with Crippen molar-refractivity contribution in [2.45, 2.75) is 13.5 Å². The normalized spacial score (nSPS) is 11.3. The summed E-state index contributed by atoms with van der Waals surface area (Å²) < 4.78 is 8.71. The van der Waals surface area contributed by atoms with E-state index in [0.717, 1.165) is 21.9 Å². The number of ether oxygens (including phenoxy) is 1. The minimum Gasteiger partial charge on any atom is -0.456 e. The van der Waals surface area contributed by atoms with Crippen LogP contribution in [0.1, 0.15) is 21.7 Å². The monoisotopic (exact) mass is 328 g/mol. The first kappa shape index (κ1) is 13.5. The van der Waals surface area contributed by atoms with Crippen LogP contribution in [0.3, 0.4) is 0 Å². The largest absolute Gasteiger partial charge is 0.456 e. The molecule has 0 saturated carbocycles. The van der Waals surface area contributed by atoms with Gasteiger partial charge in [-0.05, 0) is 30.5 Å². The van der Waals surface area contributed by atoms with Gasteiger partial charge >= 0.3 is 5.97 Å². The Morgan fingerprint density at radius 3 is 3.00 bits per heavy atom. The maximum Gasteiger partial charge on any atom is 0.339 e. The first-order chi connectivity index (χ1) is 10.7. The Bertz CT molecular complexity index is 967. The third-order valence-corrected chi connectivity index (χ3v) is 5.25. The topological polar surface area (TPSA) is 43.6 Å². The maximum absolute atomic E-state index is 12.0. The molecular formula is C16H12N2O2S2. The summed E-state index contributed by atoms with van der Waals surface area (Å²) in [6.07, 6.45) is 0. The third-order valence-electron chi connectivity index (χ3n) is 3.55. The van der Waals surface area contributed by atoms with Crippen molar-refractivity contribution >= 4 is 43.8 Å². The van der Waals surface area contributed by atoms with Crippen molar-refractivity contribution in [3.8, 4) is 0 Å². The van der Waals surface area contributed by atoms with Crippen LogP contribution in [0.5, 0.6) is 0 Å². The number of imidazole rings is 1. The molecule has 4 aromatic rings. The second-order valence-corrected chi connectivity index (χ2v) is 6.71. The summed E-state index contributed by atoms with van der Waals surface area (Å²) in [6.45, 7) is 2.17. The SMILES string of the molecule is Cc1nc2sc3ccccc3n2c1COC(=O)c1ccsc1. The molecule has 6 heteroatoms. The lowest BCUT2D eigenvalue weighted by atomic mass is 10.3. The van der Waals surface area contributed by atoms with Crippen LogP contribution >= 0.6 is 22.7 Å². The van der Waals surface area contributed by atoms with Crippen molar-refractivity contribution in [2.75, 3.05) is 0 Å². The predicted molar refractivity (Wildman–Crippen MR) is 88.8 cm³/mol. The van der Waals surface area contributed by atoms with E-state index in [2.05, 4.69) is 21.5 Å². The van der Waals surface area contributed by atoms with Crippen molar-refractivity contribution in [2.24, 2.45) is 0 Å². The molecule has 4 nitrogen and oxygen atoms in total. The van der Waals surface area contributed by atoms with Gasteiger partial charge in [0.25, 0.3) is 0 Å². The van der Waals surface area contributed by atoms with E-state index in [4.69, 9.17) is 4.74 Å². The van der Waals surface area contributed by atoms with Crippen LogP contribution in [0.25, 0.3) is 15.2 Å². The number of aryl methyl sites for hydroxylation is 1. The molecule has 110 valence electrons. The molecule has 0 amide bonds. The Kier molecular flexibility index (Phi) is 3.20. The predicted octanol–water partition coefficient (Wildman–Crippen LogP) is 4.28. The van der Waals surface area contributed by atoms with Gasteiger partial charge in [0.05, 0.1) is 27.2 Å². The zero-order valence-corrected chi connectivity index (χ0v) is 13.4. The highest BCUT2D eigenvalue weighted by molar-refractivity contribution is 7.23. The van der Waals surface area contributed by atoms with Crippen molar-refractivity contribution in [3.05, 3.63) is 58.0 Å². The molecule has 0 fully saturated rings. The molecule has 1 aromatic carbocycles. The fraction of sp³-hybridized carbons (Fsp3) is 0.125. The third kappa shape index (κ3) is 2.12. The Morgan fingerprint density at radius 1 is 1.32 bits per heavy atom. The lowest BCUT2D eigenvalue weighted by Crippen LogP contribution is -2.06. The molecule has 0 unspecified atom stereocenters. The molecule has 0 aliphatic rings. The summed E-state index contributed by atoms with van der Waals surface area (Å²) in [5.74, 6) is -0.296. The molecule has 22 heavy (non-hydrogen) atoms. The summed E-state index contributed by atoms with van der Waals surface area (Å²) in [6, 6.07) is 9.92. The standard InChI is InChI=1S/C16H12N2O2S2/c1-10-13(8-20-15(19)11-6-7-21-9-11)18-12-4-2-3-5-14(12)22-16(18)17-10/h2-7,9H,8H2,1H3. The molecule has 3 heterocycles. The quantitative estimate of drug-likeness (QED) is 0.527. The molecule has 0 aliphatic carbocycles. The Balaban J connectivity index is 1.71. The van der Waals surface area contributed by atoms with Crippen molar-refractivity contribution in [3.63, 3.8) is 0 Å². The number of hydrogen-bond acceptors (Lipinski definition) is 5. The van der Waals surface area contributed by atoms with Gasteiger partial charge in [-0.25, -0.2) is 9.78 Å². The summed E-state index contributed by atoms with van der Waals surface area (Å²) in [7, 11) is 0. The smallest absolute Gasteiger partial charge is 0.339 e. The summed E-state index contributed by atoms with van der Waals surface area (Å²) >= 11 is 3.13. The number of esters is 1. The van der Waals surface area contributed by atoms with Crippen LogP contribution in [-0.4, -0.2) is 15.4 Å². The number of hydrogen-bond donors (Lipinski definition) is 0. The van der Waals surface area contributed by atoms with Crippen molar-refractivity contribution in [1.29, 1.82) is 0 Å². The molecule has 0 bridgehead atoms. The Labute approximate surface area is 134 Å². The van der Waals surface area contributed by atoms with E-state index < -0.39 is 0 Å². The van der Waals surface area contributed by atoms with E-state index in [0.29, 0.717) is 5.56 Å². The van der Waals surface area contributed by atoms with Gasteiger partial charge in [0.1, 0.15) is 6.61 Å². The van der Waals surface area contributed by atoms with Gasteiger partial charge in [0.2, 0.25) is 0 Å². The minimum atomic E-state index is -0.296. The first-order valence-electron chi connectivity index (χ1n) is 6.79. The zero-order chi connectivity index (χ0) is 15.1. The number of thiazole rings is 1. The zero-order valence-electron chi connectivity index (χ0n) is 11.8. The molecule has 4 rings (SSSR count). The van der Waals surface area contributed by atoms with Crippen LogP contribution in [0.2, 0.25) is 0 Å². The van der Waals surface area contributed by atoms with E-state index in [1.165, 1.54) is 16.0 Å². The number of benzene rings is 1. The van der Waals surface area contributed by atoms with Crippen LogP contribution in [0.4, 0.5) is 0 Å². The molecule has 0 saturated heterocycles. The van der Waals surface area contributed by atoms with E-state index in [9.17, 15) is 4.79 Å². The van der Waals surface area contributed by atoms with Crippen molar-refractivity contribution in [1.82, 2.24) is 9.38 Å². The average molecular weight is 328 g/mol. The van der Waals surface area contributed by atoms with Crippen LogP contribution in [0, 0.1) is 6.92 Å². The van der Waals surface area contributed by atoms with Crippen LogP contribution in [-0.2, 0) is 11.3 Å². The number of carbonyl (C=O) groups excluding carboxylic acids is 1. The second kappa shape index (κ2) is 5.23. The number of fused-ring (bicyclic) bond motifs is 3. The van der Waals surface area contributed by atoms with Gasteiger partial charge in [-0.15, -0.1) is 0 Å². The van der Waals surface area contributed by atoms with Gasteiger partial charge in [-0.3, -0.25) is 4.40 Å². The molecule has 0 radical (unpaired) electrons. The lowest BCUT2D eigenvalue weighted by Gasteiger charge is -2.04. The van der Waals surface area contributed by atoms with E-state index in [1.54, 1.807) is 22.8 Å². The number of para-hydroxylation sites is 1. The van der Waals surface area contributed by atoms with Crippen molar-refractivity contribution < 1.29 is 9.53 Å². The van der Waals surface area contributed by atoms with E-state index >= 15 is 0 Å². The first-order valence-corrected chi connectivity index (χ1v) is 8.55. The lowest BCUT2D eigenvalue weighted by molar-refractivity contribution is 0.0467. The summed E-state index contributed by atoms with van der Waals surface area (Å²) in [4.78, 5) is 17.5. The Hall–Kier alpha value is -2.18. The van der Waals surface area contributed by atoms with Crippen LogP contribution < -0.4 is 0 Å². The molecule has 0 N–H and O–H groups in total. The molecule has 0 spiro atoms. The average Bonchev–Trinajstić information content (AvgIpc) is 3.20. The highest BCUT2D eigenvalue weighted by Gasteiger charge is 2.16. The number of thiophene rings is 1. The molecule has 3 aromatic heterocycles.